The maximum Gasteiger partial charge on any atom is 0.385 e. The van der Waals surface area contributed by atoms with E-state index < -0.39 is 10.1 Å². The van der Waals surface area contributed by atoms with Gasteiger partial charge in [0.15, 0.2) is 4.98 Å². The van der Waals surface area contributed by atoms with Crippen LogP contribution in [0.15, 0.2) is 53.4 Å². The summed E-state index contributed by atoms with van der Waals surface area (Å²) in [5.41, 5.74) is 7.47. The summed E-state index contributed by atoms with van der Waals surface area (Å²) in [6.07, 6.45) is 0. The van der Waals surface area contributed by atoms with Crippen LogP contribution in [0.4, 0.5) is 11.4 Å². The van der Waals surface area contributed by atoms with Gasteiger partial charge in [-0.05, 0) is 31.2 Å². The molecule has 20 heavy (non-hydrogen) atoms. The summed E-state index contributed by atoms with van der Waals surface area (Å²) in [4.78, 5) is 2.78. The average Bonchev–Trinajstić information content (AvgIpc) is 2.40. The third-order valence-corrected chi connectivity index (χ3v) is 3.17. The molecule has 0 unspecified atom stereocenters. The zero-order valence-corrected chi connectivity index (χ0v) is 11.5. The largest absolute Gasteiger partial charge is 0.744 e. The first-order valence-electron chi connectivity index (χ1n) is 5.56. The lowest BCUT2D eigenvalue weighted by atomic mass is 10.2. The van der Waals surface area contributed by atoms with Crippen LogP contribution >= 0.6 is 0 Å². The maximum atomic E-state index is 10.4. The third kappa shape index (κ3) is 5.06. The third-order valence-electron chi connectivity index (χ3n) is 2.32. The Hall–Kier alpha value is -2.43. The van der Waals surface area contributed by atoms with Crippen molar-refractivity contribution in [2.75, 3.05) is 5.73 Å². The van der Waals surface area contributed by atoms with Crippen LogP contribution in [0.2, 0.25) is 0 Å². The molecule has 7 heteroatoms. The Morgan fingerprint density at radius 2 is 1.55 bits per heavy atom. The number of benzene rings is 2. The van der Waals surface area contributed by atoms with E-state index in [2.05, 4.69) is 4.98 Å². The van der Waals surface area contributed by atoms with E-state index in [0.29, 0.717) is 11.4 Å². The molecule has 0 aromatic heterocycles. The van der Waals surface area contributed by atoms with Gasteiger partial charge in [0.25, 0.3) is 0 Å². The highest BCUT2D eigenvalue weighted by Crippen LogP contribution is 2.12. The fraction of sp³-hybridized carbons (Fsp3) is 0.0769. The van der Waals surface area contributed by atoms with E-state index in [1.54, 1.807) is 36.4 Å². The molecule has 6 nitrogen and oxygen atoms in total. The first-order chi connectivity index (χ1) is 9.32. The van der Waals surface area contributed by atoms with E-state index in [-0.39, 0.29) is 4.90 Å². The van der Waals surface area contributed by atoms with Gasteiger partial charge in [0.2, 0.25) is 5.39 Å². The van der Waals surface area contributed by atoms with E-state index in [4.69, 9.17) is 11.1 Å². The predicted molar refractivity (Wildman–Crippen MR) is 74.7 cm³/mol. The van der Waals surface area contributed by atoms with Crippen LogP contribution in [-0.2, 0) is 10.1 Å². The van der Waals surface area contributed by atoms with Crippen molar-refractivity contribution in [1.82, 2.24) is 0 Å². The number of hydrogen-bond acceptors (Lipinski definition) is 5. The minimum Gasteiger partial charge on any atom is -0.744 e. The number of nitrogen functional groups attached to an aromatic ring is 1. The summed E-state index contributed by atoms with van der Waals surface area (Å²) in [6.45, 7) is 1.82. The molecule has 104 valence electrons. The second-order valence-corrected chi connectivity index (χ2v) is 5.34. The molecule has 0 atom stereocenters. The van der Waals surface area contributed by atoms with Gasteiger partial charge in [-0.3, -0.25) is 0 Å². The molecule has 0 aliphatic rings. The van der Waals surface area contributed by atoms with Gasteiger partial charge in [-0.1, -0.05) is 17.7 Å². The number of aryl methyl sites for hydroxylation is 1. The number of anilines is 1. The molecule has 0 radical (unpaired) electrons. The van der Waals surface area contributed by atoms with Crippen LogP contribution in [0.5, 0.6) is 0 Å². The number of hydrogen-bond donors (Lipinski definition) is 1. The smallest absolute Gasteiger partial charge is 0.385 e. The van der Waals surface area contributed by atoms with Crippen LogP contribution in [0.25, 0.3) is 4.98 Å². The van der Waals surface area contributed by atoms with E-state index in [1.165, 1.54) is 12.1 Å². The van der Waals surface area contributed by atoms with Crippen molar-refractivity contribution in [3.05, 3.63) is 59.1 Å². The molecule has 0 saturated heterocycles. The Labute approximate surface area is 117 Å². The van der Waals surface area contributed by atoms with Crippen molar-refractivity contribution in [2.45, 2.75) is 11.8 Å². The van der Waals surface area contributed by atoms with Crippen molar-refractivity contribution in [2.24, 2.45) is 0 Å². The summed E-state index contributed by atoms with van der Waals surface area (Å²) >= 11 is 0. The highest BCUT2D eigenvalue weighted by Gasteiger charge is 1.99. The summed E-state index contributed by atoms with van der Waals surface area (Å²) in [5, 5.41) is 8.21. The van der Waals surface area contributed by atoms with Gasteiger partial charge in [0.1, 0.15) is 10.1 Å². The lowest BCUT2D eigenvalue weighted by molar-refractivity contribution is 0.463. The maximum absolute atomic E-state index is 10.4. The van der Waals surface area contributed by atoms with E-state index in [9.17, 15) is 13.0 Å². The Morgan fingerprint density at radius 3 is 1.95 bits per heavy atom. The van der Waals surface area contributed by atoms with E-state index in [0.717, 1.165) is 5.56 Å². The van der Waals surface area contributed by atoms with Crippen molar-refractivity contribution in [3.63, 3.8) is 0 Å². The number of rotatable bonds is 1. The fourth-order valence-corrected chi connectivity index (χ4v) is 1.72. The molecule has 0 heterocycles. The predicted octanol–water partition coefficient (Wildman–Crippen LogP) is 2.65. The van der Waals surface area contributed by atoms with E-state index >= 15 is 0 Å². The van der Waals surface area contributed by atoms with Gasteiger partial charge >= 0.3 is 5.69 Å². The standard InChI is InChI=1S/C7H8O3S.C6H6N3/c1-6-2-4-7(5-3-6)11(8,9)10;7-5-1-3-6(9-8)4-2-5/h2-5H,1H3,(H,8,9,10);1-4H,7H2/q;+1/p-1. The minimum atomic E-state index is -4.27. The first-order valence-corrected chi connectivity index (χ1v) is 6.97. The minimum absolute atomic E-state index is 0.178. The lowest BCUT2D eigenvalue weighted by Crippen LogP contribution is -1.97. The Kier molecular flexibility index (Phi) is 5.20. The number of diazo groups is 1. The molecule has 2 aromatic rings. The second-order valence-electron chi connectivity index (χ2n) is 3.96. The molecule has 0 aliphatic heterocycles. The van der Waals surface area contributed by atoms with Crippen LogP contribution in [-0.4, -0.2) is 13.0 Å². The van der Waals surface area contributed by atoms with Crippen LogP contribution in [0, 0.1) is 12.3 Å². The molecule has 0 spiro atoms. The van der Waals surface area contributed by atoms with Crippen molar-refractivity contribution < 1.29 is 13.0 Å². The Morgan fingerprint density at radius 1 is 1.05 bits per heavy atom. The summed E-state index contributed by atoms with van der Waals surface area (Å²) in [5.74, 6) is 0. The number of nitrogens with two attached hydrogens (primary N) is 1. The molecule has 2 rings (SSSR count). The van der Waals surface area contributed by atoms with Gasteiger partial charge in [-0.2, -0.15) is 0 Å². The zero-order valence-electron chi connectivity index (χ0n) is 10.7. The lowest BCUT2D eigenvalue weighted by Gasteiger charge is -2.05. The van der Waals surface area contributed by atoms with Crippen LogP contribution in [0.3, 0.4) is 0 Å². The first kappa shape index (κ1) is 15.6. The molecule has 2 N–H and O–H groups in total. The topological polar surface area (TPSA) is 111 Å². The molecule has 0 fully saturated rings. The van der Waals surface area contributed by atoms with Crippen molar-refractivity contribution in [3.8, 4) is 0 Å². The fourth-order valence-electron chi connectivity index (χ4n) is 1.25. The van der Waals surface area contributed by atoms with Gasteiger partial charge in [0.05, 0.1) is 4.90 Å². The Balaban J connectivity index is 0.000000204. The van der Waals surface area contributed by atoms with Crippen molar-refractivity contribution in [1.29, 1.82) is 5.39 Å². The average molecular weight is 291 g/mol. The molecule has 0 aliphatic carbocycles. The SMILES string of the molecule is Cc1ccc(S(=O)(=O)[O-])cc1.N#[N+]c1ccc(N)cc1. The monoisotopic (exact) mass is 291 g/mol. The Bertz CT molecular complexity index is 702. The normalized spacial score (nSPS) is 10.1. The summed E-state index contributed by atoms with van der Waals surface area (Å²) < 4.78 is 31.2. The molecular formula is C13H13N3O3S. The molecule has 0 saturated carbocycles. The highest BCUT2D eigenvalue weighted by atomic mass is 32.2. The molecular weight excluding hydrogens is 278 g/mol. The van der Waals surface area contributed by atoms with E-state index in [1.807, 2.05) is 6.92 Å². The van der Waals surface area contributed by atoms with Gasteiger partial charge in [-0.25, -0.2) is 8.42 Å². The molecule has 0 bridgehead atoms. The summed E-state index contributed by atoms with van der Waals surface area (Å²) in [7, 11) is -4.27. The summed E-state index contributed by atoms with van der Waals surface area (Å²) in [6, 6.07) is 12.4. The van der Waals surface area contributed by atoms with Gasteiger partial charge < -0.3 is 10.3 Å². The van der Waals surface area contributed by atoms with Gasteiger partial charge in [0, 0.05) is 17.8 Å². The van der Waals surface area contributed by atoms with Crippen LogP contribution < -0.4 is 5.73 Å². The van der Waals surface area contributed by atoms with Gasteiger partial charge in [-0.15, -0.1) is 0 Å². The quantitative estimate of drug-likeness (QED) is 0.493. The highest BCUT2D eigenvalue weighted by molar-refractivity contribution is 7.85. The van der Waals surface area contributed by atoms with Crippen molar-refractivity contribution >= 4 is 21.5 Å². The molecule has 0 amide bonds. The zero-order chi connectivity index (χ0) is 15.2. The second kappa shape index (κ2) is 6.65. The molecule has 2 aromatic carbocycles. The number of nitrogens with zero attached hydrogens (tertiary/aromatic N) is 2. The van der Waals surface area contributed by atoms with Crippen LogP contribution in [0.1, 0.15) is 5.56 Å².